The van der Waals surface area contributed by atoms with Crippen molar-refractivity contribution in [2.24, 2.45) is 0 Å². The molecule has 0 saturated heterocycles. The second kappa shape index (κ2) is 8.48. The molecule has 0 aliphatic rings. The lowest BCUT2D eigenvalue weighted by Crippen LogP contribution is -2.19. The number of aromatic nitrogens is 6. The highest BCUT2D eigenvalue weighted by atomic mass is 19.4. The number of anilines is 1. The smallest absolute Gasteiger partial charge is 0.306 e. The second-order valence-electron chi connectivity index (χ2n) is 8.13. The van der Waals surface area contributed by atoms with Crippen molar-refractivity contribution in [1.82, 2.24) is 29.5 Å². The number of aromatic amines is 1. The molecule has 0 radical (unpaired) electrons. The van der Waals surface area contributed by atoms with Gasteiger partial charge in [0.15, 0.2) is 5.65 Å². The van der Waals surface area contributed by atoms with Gasteiger partial charge in [-0.05, 0) is 50.2 Å². The number of hydrogen-bond donors (Lipinski definition) is 2. The van der Waals surface area contributed by atoms with Crippen molar-refractivity contribution in [1.29, 1.82) is 0 Å². The minimum atomic E-state index is -4.51. The van der Waals surface area contributed by atoms with E-state index in [9.17, 15) is 22.8 Å². The molecule has 1 amide bonds. The molecule has 3 heterocycles. The molecule has 5 rings (SSSR count). The Bertz CT molecular complexity index is 1650. The molecule has 0 saturated carbocycles. The Morgan fingerprint density at radius 2 is 1.69 bits per heavy atom. The number of aryl methyl sites for hydroxylation is 2. The summed E-state index contributed by atoms with van der Waals surface area (Å²) >= 11 is 0. The number of carbonyl (C=O) groups excluding carboxylic acids is 1. The van der Waals surface area contributed by atoms with Gasteiger partial charge in [0, 0.05) is 11.6 Å². The molecule has 0 unspecified atom stereocenters. The number of nitrogens with one attached hydrogen (secondary N) is 2. The third kappa shape index (κ3) is 4.24. The predicted molar refractivity (Wildman–Crippen MR) is 125 cm³/mol. The zero-order valence-electron chi connectivity index (χ0n) is 19.0. The quantitative estimate of drug-likeness (QED) is 0.390. The number of rotatable bonds is 4. The highest BCUT2D eigenvalue weighted by Gasteiger charge is 2.30. The first-order valence-corrected chi connectivity index (χ1v) is 10.7. The molecule has 36 heavy (non-hydrogen) atoms. The minimum Gasteiger partial charge on any atom is -0.306 e. The van der Waals surface area contributed by atoms with Crippen LogP contribution in [0.15, 0.2) is 65.6 Å². The average Bonchev–Trinajstić information content (AvgIpc) is 3.42. The summed E-state index contributed by atoms with van der Waals surface area (Å²) < 4.78 is 41.3. The standard InChI is InChI=1S/C24H18F3N7O2/c1-13-3-9-17(10-4-13)33-20-18(12-28-33)22(36)31-23(30-20)34-19(11-14(2)32-34)29-21(35)15-5-7-16(8-6-15)24(25,26)27/h3-12H,1-2H3,(H,29,35)(H,30,31,36). The van der Waals surface area contributed by atoms with E-state index in [-0.39, 0.29) is 28.4 Å². The van der Waals surface area contributed by atoms with Crippen LogP contribution < -0.4 is 10.9 Å². The molecule has 5 aromatic rings. The van der Waals surface area contributed by atoms with Crippen molar-refractivity contribution in [3.63, 3.8) is 0 Å². The van der Waals surface area contributed by atoms with Crippen LogP contribution in [0.25, 0.3) is 22.7 Å². The van der Waals surface area contributed by atoms with Crippen molar-refractivity contribution >= 4 is 22.8 Å². The maximum absolute atomic E-state index is 12.8. The van der Waals surface area contributed by atoms with Crippen molar-refractivity contribution < 1.29 is 18.0 Å². The second-order valence-corrected chi connectivity index (χ2v) is 8.13. The van der Waals surface area contributed by atoms with Gasteiger partial charge in [-0.3, -0.25) is 14.6 Å². The van der Waals surface area contributed by atoms with E-state index in [4.69, 9.17) is 0 Å². The van der Waals surface area contributed by atoms with Gasteiger partial charge >= 0.3 is 6.18 Å². The van der Waals surface area contributed by atoms with Gasteiger partial charge in [0.1, 0.15) is 11.2 Å². The van der Waals surface area contributed by atoms with E-state index >= 15 is 0 Å². The number of nitrogens with zero attached hydrogens (tertiary/aromatic N) is 5. The number of alkyl halides is 3. The first-order valence-electron chi connectivity index (χ1n) is 10.7. The molecule has 0 fully saturated rings. The fourth-order valence-corrected chi connectivity index (χ4v) is 3.63. The molecular formula is C24H18F3N7O2. The van der Waals surface area contributed by atoms with E-state index in [0.29, 0.717) is 11.4 Å². The van der Waals surface area contributed by atoms with E-state index in [1.54, 1.807) is 13.0 Å². The van der Waals surface area contributed by atoms with Crippen molar-refractivity contribution in [2.45, 2.75) is 20.0 Å². The molecule has 3 aromatic heterocycles. The molecule has 0 bridgehead atoms. The van der Waals surface area contributed by atoms with Crippen LogP contribution in [0.2, 0.25) is 0 Å². The zero-order valence-corrected chi connectivity index (χ0v) is 19.0. The fraction of sp³-hybridized carbons (Fsp3) is 0.125. The Morgan fingerprint density at radius 1 is 1.00 bits per heavy atom. The zero-order chi connectivity index (χ0) is 25.6. The van der Waals surface area contributed by atoms with Gasteiger partial charge in [-0.2, -0.15) is 33.0 Å². The SMILES string of the molecule is Cc1ccc(-n2ncc3c(=O)[nH]c(-n4nc(C)cc4NC(=O)c4ccc(C(F)(F)F)cc4)nc32)cc1. The molecule has 12 heteroatoms. The lowest BCUT2D eigenvalue weighted by atomic mass is 10.1. The lowest BCUT2D eigenvalue weighted by molar-refractivity contribution is -0.137. The Hall–Kier alpha value is -4.74. The Morgan fingerprint density at radius 3 is 2.36 bits per heavy atom. The normalized spacial score (nSPS) is 11.7. The summed E-state index contributed by atoms with van der Waals surface area (Å²) in [7, 11) is 0. The van der Waals surface area contributed by atoms with Gasteiger partial charge in [-0.15, -0.1) is 0 Å². The largest absolute Gasteiger partial charge is 0.416 e. The van der Waals surface area contributed by atoms with Crippen LogP contribution in [0.1, 0.15) is 27.2 Å². The molecule has 9 nitrogen and oxygen atoms in total. The number of amides is 1. The van der Waals surface area contributed by atoms with Gasteiger partial charge in [0.2, 0.25) is 5.95 Å². The highest BCUT2D eigenvalue weighted by Crippen LogP contribution is 2.29. The van der Waals surface area contributed by atoms with Crippen molar-refractivity contribution in [3.8, 4) is 11.6 Å². The Labute approximate surface area is 201 Å². The molecule has 0 aliphatic heterocycles. The third-order valence-corrected chi connectivity index (χ3v) is 5.45. The predicted octanol–water partition coefficient (Wildman–Crippen LogP) is 4.18. The van der Waals surface area contributed by atoms with Crippen molar-refractivity contribution in [3.05, 3.63) is 93.5 Å². The van der Waals surface area contributed by atoms with Gasteiger partial charge in [-0.1, -0.05) is 17.7 Å². The summed E-state index contributed by atoms with van der Waals surface area (Å²) in [4.78, 5) is 32.7. The highest BCUT2D eigenvalue weighted by molar-refractivity contribution is 6.04. The Kier molecular flexibility index (Phi) is 5.43. The summed E-state index contributed by atoms with van der Waals surface area (Å²) in [6.07, 6.45) is -3.10. The van der Waals surface area contributed by atoms with Crippen LogP contribution in [0.3, 0.4) is 0 Å². The number of halogens is 3. The van der Waals surface area contributed by atoms with E-state index in [2.05, 4.69) is 25.5 Å². The van der Waals surface area contributed by atoms with Crippen LogP contribution in [0.5, 0.6) is 0 Å². The van der Waals surface area contributed by atoms with E-state index in [1.165, 1.54) is 15.6 Å². The van der Waals surface area contributed by atoms with Gasteiger partial charge in [-0.25, -0.2) is 4.68 Å². The van der Waals surface area contributed by atoms with Crippen LogP contribution in [-0.2, 0) is 6.18 Å². The van der Waals surface area contributed by atoms with Crippen LogP contribution >= 0.6 is 0 Å². The monoisotopic (exact) mass is 493 g/mol. The first kappa shape index (κ1) is 23.0. The maximum atomic E-state index is 12.8. The number of hydrogen-bond acceptors (Lipinski definition) is 5. The molecule has 0 aliphatic carbocycles. The Balaban J connectivity index is 1.52. The van der Waals surface area contributed by atoms with E-state index in [0.717, 1.165) is 29.8 Å². The molecule has 0 spiro atoms. The van der Waals surface area contributed by atoms with Crippen LogP contribution in [0.4, 0.5) is 19.0 Å². The summed E-state index contributed by atoms with van der Waals surface area (Å²) in [6, 6.07) is 12.9. The average molecular weight is 493 g/mol. The van der Waals surface area contributed by atoms with Gasteiger partial charge < -0.3 is 5.32 Å². The van der Waals surface area contributed by atoms with Gasteiger partial charge in [0.25, 0.3) is 11.5 Å². The number of fused-ring (bicyclic) bond motifs is 1. The lowest BCUT2D eigenvalue weighted by Gasteiger charge is -2.10. The minimum absolute atomic E-state index is 0.0164. The van der Waals surface area contributed by atoms with E-state index < -0.39 is 23.2 Å². The first-order chi connectivity index (χ1) is 17.1. The van der Waals surface area contributed by atoms with Crippen molar-refractivity contribution in [2.75, 3.05) is 5.32 Å². The number of H-pyrrole nitrogens is 1. The third-order valence-electron chi connectivity index (χ3n) is 5.45. The van der Waals surface area contributed by atoms with Gasteiger partial charge in [0.05, 0.1) is 23.1 Å². The number of benzene rings is 2. The summed E-state index contributed by atoms with van der Waals surface area (Å²) in [5.41, 5.74) is 1.25. The topological polar surface area (TPSA) is 110 Å². The summed E-state index contributed by atoms with van der Waals surface area (Å²) in [5.74, 6) is -0.462. The van der Waals surface area contributed by atoms with Crippen LogP contribution in [0, 0.1) is 13.8 Å². The molecule has 0 atom stereocenters. The number of carbonyl (C=O) groups is 1. The molecule has 2 N–H and O–H groups in total. The fourth-order valence-electron chi connectivity index (χ4n) is 3.63. The maximum Gasteiger partial charge on any atom is 0.416 e. The molecular weight excluding hydrogens is 475 g/mol. The van der Waals surface area contributed by atoms with E-state index in [1.807, 2.05) is 31.2 Å². The molecule has 2 aromatic carbocycles. The summed E-state index contributed by atoms with van der Waals surface area (Å²) in [5, 5.41) is 11.5. The van der Waals surface area contributed by atoms with Crippen LogP contribution in [-0.4, -0.2) is 35.4 Å². The molecule has 182 valence electrons. The summed E-state index contributed by atoms with van der Waals surface area (Å²) in [6.45, 7) is 3.63.